The Balaban J connectivity index is 1.80. The van der Waals surface area contributed by atoms with E-state index >= 15 is 0 Å². The minimum Gasteiger partial charge on any atom is -0.357 e. The van der Waals surface area contributed by atoms with Crippen molar-refractivity contribution in [2.45, 2.75) is 52.0 Å². The number of likely N-dealkylation sites (tertiary alicyclic amines) is 2. The van der Waals surface area contributed by atoms with E-state index < -0.39 is 0 Å². The second-order valence-electron chi connectivity index (χ2n) is 6.44. The van der Waals surface area contributed by atoms with E-state index in [4.69, 9.17) is 0 Å². The van der Waals surface area contributed by atoms with Crippen LogP contribution in [-0.2, 0) is 4.79 Å². The molecule has 1 atom stereocenters. The van der Waals surface area contributed by atoms with Crippen molar-refractivity contribution in [2.24, 2.45) is 4.99 Å². The summed E-state index contributed by atoms with van der Waals surface area (Å²) >= 11 is 0. The highest BCUT2D eigenvalue weighted by molar-refractivity contribution is 5.85. The Morgan fingerprint density at radius 3 is 2.57 bits per heavy atom. The predicted octanol–water partition coefficient (Wildman–Crippen LogP) is 1.04. The van der Waals surface area contributed by atoms with Crippen LogP contribution in [0.3, 0.4) is 0 Å². The average Bonchev–Trinajstić information content (AvgIpc) is 3.05. The minimum atomic E-state index is 0.151. The molecule has 1 unspecified atom stereocenters. The van der Waals surface area contributed by atoms with Crippen LogP contribution in [0.5, 0.6) is 0 Å². The third-order valence-electron chi connectivity index (χ3n) is 4.84. The highest BCUT2D eigenvalue weighted by Gasteiger charge is 2.23. The molecular formula is C17H33N5O. The number of hydrogen-bond acceptors (Lipinski definition) is 3. The minimum absolute atomic E-state index is 0.151. The number of rotatable bonds is 6. The lowest BCUT2D eigenvalue weighted by molar-refractivity contribution is -0.130. The summed E-state index contributed by atoms with van der Waals surface area (Å²) in [6.45, 7) is 10.3. The van der Waals surface area contributed by atoms with Crippen LogP contribution in [0.1, 0.15) is 46.0 Å². The van der Waals surface area contributed by atoms with E-state index in [0.29, 0.717) is 6.04 Å². The van der Waals surface area contributed by atoms with E-state index in [1.807, 2.05) is 4.90 Å². The zero-order chi connectivity index (χ0) is 16.5. The van der Waals surface area contributed by atoms with E-state index in [9.17, 15) is 4.79 Å². The molecule has 2 fully saturated rings. The molecule has 1 amide bonds. The molecule has 6 nitrogen and oxygen atoms in total. The van der Waals surface area contributed by atoms with Crippen molar-refractivity contribution in [3.63, 3.8) is 0 Å². The monoisotopic (exact) mass is 323 g/mol. The summed E-state index contributed by atoms with van der Waals surface area (Å²) in [6.07, 6.45) is 6.02. The van der Waals surface area contributed by atoms with Gasteiger partial charge in [0.05, 0.1) is 0 Å². The molecule has 6 heteroatoms. The van der Waals surface area contributed by atoms with Gasteiger partial charge in [-0.3, -0.25) is 9.69 Å². The summed E-state index contributed by atoms with van der Waals surface area (Å²) < 4.78 is 0. The molecule has 0 aromatic heterocycles. The van der Waals surface area contributed by atoms with Gasteiger partial charge in [0.2, 0.25) is 5.91 Å². The molecule has 23 heavy (non-hydrogen) atoms. The number of guanidine groups is 1. The van der Waals surface area contributed by atoms with Crippen molar-refractivity contribution < 1.29 is 4.79 Å². The largest absolute Gasteiger partial charge is 0.357 e. The first-order valence-corrected chi connectivity index (χ1v) is 9.28. The highest BCUT2D eigenvalue weighted by atomic mass is 16.2. The zero-order valence-corrected chi connectivity index (χ0v) is 14.8. The van der Waals surface area contributed by atoms with Crippen molar-refractivity contribution in [3.8, 4) is 0 Å². The topological polar surface area (TPSA) is 60.0 Å². The molecule has 2 aliphatic rings. The van der Waals surface area contributed by atoms with Gasteiger partial charge in [0.1, 0.15) is 6.54 Å². The van der Waals surface area contributed by atoms with E-state index in [0.717, 1.165) is 51.5 Å². The van der Waals surface area contributed by atoms with Crippen LogP contribution in [0.15, 0.2) is 4.99 Å². The van der Waals surface area contributed by atoms with Crippen LogP contribution < -0.4 is 10.6 Å². The third-order valence-corrected chi connectivity index (χ3v) is 4.84. The molecular weight excluding hydrogens is 290 g/mol. The Labute approximate surface area is 140 Å². The van der Waals surface area contributed by atoms with Gasteiger partial charge >= 0.3 is 0 Å². The summed E-state index contributed by atoms with van der Waals surface area (Å²) in [4.78, 5) is 21.2. The van der Waals surface area contributed by atoms with Crippen LogP contribution in [0.4, 0.5) is 0 Å². The molecule has 0 spiro atoms. The molecule has 2 saturated heterocycles. The smallest absolute Gasteiger partial charge is 0.244 e. The predicted molar refractivity (Wildman–Crippen MR) is 94.7 cm³/mol. The first-order valence-electron chi connectivity index (χ1n) is 9.28. The molecule has 0 aliphatic carbocycles. The van der Waals surface area contributed by atoms with E-state index in [-0.39, 0.29) is 12.5 Å². The van der Waals surface area contributed by atoms with Crippen LogP contribution in [-0.4, -0.2) is 73.5 Å². The number of carbonyl (C=O) groups is 1. The van der Waals surface area contributed by atoms with Gasteiger partial charge in [0.25, 0.3) is 0 Å². The number of nitrogens with zero attached hydrogens (tertiary/aromatic N) is 3. The second-order valence-corrected chi connectivity index (χ2v) is 6.44. The van der Waals surface area contributed by atoms with E-state index in [1.54, 1.807) is 0 Å². The van der Waals surface area contributed by atoms with Crippen molar-refractivity contribution in [1.82, 2.24) is 20.4 Å². The Kier molecular flexibility index (Phi) is 7.65. The van der Waals surface area contributed by atoms with Gasteiger partial charge in [-0.2, -0.15) is 0 Å². The summed E-state index contributed by atoms with van der Waals surface area (Å²) in [7, 11) is 0. The second kappa shape index (κ2) is 9.75. The van der Waals surface area contributed by atoms with Crippen molar-refractivity contribution in [2.75, 3.05) is 45.8 Å². The molecule has 2 aliphatic heterocycles. The molecule has 0 radical (unpaired) electrons. The van der Waals surface area contributed by atoms with Crippen molar-refractivity contribution >= 4 is 11.9 Å². The maximum atomic E-state index is 12.2. The van der Waals surface area contributed by atoms with Gasteiger partial charge in [-0.15, -0.1) is 0 Å². The third kappa shape index (κ3) is 5.68. The number of hydrogen-bond donors (Lipinski definition) is 2. The lowest BCUT2D eigenvalue weighted by Gasteiger charge is -2.26. The lowest BCUT2D eigenvalue weighted by atomic mass is 10.1. The maximum Gasteiger partial charge on any atom is 0.244 e. The molecule has 2 rings (SSSR count). The Hall–Kier alpha value is -1.30. The number of nitrogens with one attached hydrogen (secondary N) is 2. The fourth-order valence-corrected chi connectivity index (χ4v) is 3.49. The van der Waals surface area contributed by atoms with Gasteiger partial charge in [-0.05, 0) is 52.1 Å². The van der Waals surface area contributed by atoms with Crippen LogP contribution in [0.25, 0.3) is 0 Å². The van der Waals surface area contributed by atoms with Crippen LogP contribution >= 0.6 is 0 Å². The maximum absolute atomic E-state index is 12.2. The number of piperidine rings is 1. The first kappa shape index (κ1) is 18.0. The first-order chi connectivity index (χ1) is 11.2. The SMILES string of the molecule is CCNC(=NCC(=O)N1CCCCC1)NCC1CCCN1CC. The number of amides is 1. The van der Waals surface area contributed by atoms with Crippen LogP contribution in [0, 0.1) is 0 Å². The van der Waals surface area contributed by atoms with E-state index in [1.165, 1.54) is 25.8 Å². The fraction of sp³-hybridized carbons (Fsp3) is 0.882. The molecule has 0 bridgehead atoms. The zero-order valence-electron chi connectivity index (χ0n) is 14.8. The fourth-order valence-electron chi connectivity index (χ4n) is 3.49. The molecule has 2 N–H and O–H groups in total. The van der Waals surface area contributed by atoms with Gasteiger partial charge in [0, 0.05) is 32.2 Å². The molecule has 0 aromatic carbocycles. The quantitative estimate of drug-likeness (QED) is 0.566. The molecule has 132 valence electrons. The van der Waals surface area contributed by atoms with Crippen LogP contribution in [0.2, 0.25) is 0 Å². The van der Waals surface area contributed by atoms with Gasteiger partial charge in [-0.25, -0.2) is 4.99 Å². The van der Waals surface area contributed by atoms with Gasteiger partial charge in [-0.1, -0.05) is 6.92 Å². The normalized spacial score (nSPS) is 23.1. The Bertz CT molecular complexity index is 392. The molecule has 2 heterocycles. The number of aliphatic imine (C=N–C) groups is 1. The standard InChI is InChI=1S/C17H33N5O/c1-3-18-17(19-13-15-9-8-12-21(15)4-2)20-14-16(23)22-10-6-5-7-11-22/h15H,3-14H2,1-2H3,(H2,18,19,20). The highest BCUT2D eigenvalue weighted by Crippen LogP contribution is 2.15. The summed E-state index contributed by atoms with van der Waals surface area (Å²) in [5.41, 5.74) is 0. The summed E-state index contributed by atoms with van der Waals surface area (Å²) in [6, 6.07) is 0.585. The van der Waals surface area contributed by atoms with Crippen molar-refractivity contribution in [3.05, 3.63) is 0 Å². The molecule has 0 saturated carbocycles. The summed E-state index contributed by atoms with van der Waals surface area (Å²) in [5.74, 6) is 0.916. The average molecular weight is 323 g/mol. The van der Waals surface area contributed by atoms with Crippen molar-refractivity contribution in [1.29, 1.82) is 0 Å². The van der Waals surface area contributed by atoms with E-state index in [2.05, 4.69) is 34.4 Å². The van der Waals surface area contributed by atoms with Gasteiger partial charge < -0.3 is 15.5 Å². The Morgan fingerprint density at radius 2 is 1.87 bits per heavy atom. The molecule has 0 aromatic rings. The Morgan fingerprint density at radius 1 is 1.09 bits per heavy atom. The number of likely N-dealkylation sites (N-methyl/N-ethyl adjacent to an activating group) is 1. The van der Waals surface area contributed by atoms with Gasteiger partial charge in [0.15, 0.2) is 5.96 Å². The lowest BCUT2D eigenvalue weighted by Crippen LogP contribution is -2.45. The number of carbonyl (C=O) groups excluding carboxylic acids is 1. The summed E-state index contributed by atoms with van der Waals surface area (Å²) in [5, 5.41) is 6.66.